The molecule has 0 amide bonds. The molecule has 3 aliphatic rings. The first-order valence-corrected chi connectivity index (χ1v) is 23.3. The Bertz CT molecular complexity index is 3530. The second-order valence-electron chi connectivity index (χ2n) is 18.0. The van der Waals surface area contributed by atoms with Crippen LogP contribution in [0, 0.1) is 23.5 Å². The molecule has 3 aliphatic carbocycles. The zero-order chi connectivity index (χ0) is 45.0. The van der Waals surface area contributed by atoms with E-state index in [9.17, 15) is 8.78 Å². The molecule has 0 aliphatic heterocycles. The molecule has 0 saturated heterocycles. The molecule has 9 aromatic rings. The maximum Gasteiger partial charge on any atom is 0.123 e. The molecule has 326 valence electrons. The molecule has 4 atom stereocenters. The molecule has 12 rings (SSSR count). The smallest absolute Gasteiger partial charge is 0.123 e. The molecule has 0 N–H and O–H groups in total. The maximum atomic E-state index is 14.5. The monoisotopic (exact) mass is 874 g/mol. The molecule has 4 unspecified atom stereocenters. The summed E-state index contributed by atoms with van der Waals surface area (Å²) in [4.78, 5) is 4.60. The zero-order valence-electron chi connectivity index (χ0n) is 37.1. The third-order valence-electron chi connectivity index (χ3n) is 13.9. The number of anilines is 4. The van der Waals surface area contributed by atoms with Crippen LogP contribution in [0.4, 0.5) is 31.5 Å². The lowest BCUT2D eigenvalue weighted by molar-refractivity contribution is 0.592. The normalized spacial score (nSPS) is 19.1. The lowest BCUT2D eigenvalue weighted by atomic mass is 9.83. The van der Waals surface area contributed by atoms with Gasteiger partial charge in [-0.05, 0) is 140 Å². The summed E-state index contributed by atoms with van der Waals surface area (Å²) in [6.45, 7) is 2.28. The fourth-order valence-electron chi connectivity index (χ4n) is 10.8. The number of benzene rings is 7. The van der Waals surface area contributed by atoms with Crippen LogP contribution >= 0.6 is 0 Å². The van der Waals surface area contributed by atoms with E-state index in [4.69, 9.17) is 0 Å². The van der Waals surface area contributed by atoms with Gasteiger partial charge in [0.15, 0.2) is 0 Å². The van der Waals surface area contributed by atoms with Gasteiger partial charge in [-0.3, -0.25) is 0 Å². The number of aromatic nitrogens is 2. The molecule has 0 spiro atoms. The molecule has 0 bridgehead atoms. The Morgan fingerprint density at radius 2 is 1.13 bits per heavy atom. The Labute approximate surface area is 389 Å². The molecule has 0 fully saturated rings. The van der Waals surface area contributed by atoms with Crippen LogP contribution in [0.1, 0.15) is 25.8 Å². The van der Waals surface area contributed by atoms with Crippen molar-refractivity contribution in [1.29, 1.82) is 0 Å². The van der Waals surface area contributed by atoms with Gasteiger partial charge in [0, 0.05) is 72.6 Å². The van der Waals surface area contributed by atoms with Gasteiger partial charge in [0.2, 0.25) is 0 Å². The van der Waals surface area contributed by atoms with Crippen molar-refractivity contribution in [2.24, 2.45) is 11.8 Å². The van der Waals surface area contributed by atoms with Crippen molar-refractivity contribution in [1.82, 2.24) is 9.13 Å². The average molecular weight is 875 g/mol. The van der Waals surface area contributed by atoms with Crippen molar-refractivity contribution in [3.8, 4) is 5.69 Å². The topological polar surface area (TPSA) is 16.3 Å². The average Bonchev–Trinajstić information content (AvgIpc) is 3.89. The van der Waals surface area contributed by atoms with Crippen LogP contribution in [0.25, 0.3) is 49.3 Å². The minimum Gasteiger partial charge on any atom is -0.334 e. The molecular weight excluding hydrogens is 827 g/mol. The van der Waals surface area contributed by atoms with Crippen molar-refractivity contribution in [2.75, 3.05) is 9.80 Å². The van der Waals surface area contributed by atoms with Gasteiger partial charge in [0.25, 0.3) is 0 Å². The number of nitrogens with zero attached hydrogens (tertiary/aromatic N) is 4. The summed E-state index contributed by atoms with van der Waals surface area (Å²) < 4.78 is 33.7. The van der Waals surface area contributed by atoms with Crippen LogP contribution in [0.15, 0.2) is 236 Å². The van der Waals surface area contributed by atoms with Gasteiger partial charge >= 0.3 is 0 Å². The van der Waals surface area contributed by atoms with Crippen LogP contribution in [-0.4, -0.2) is 15.2 Å². The van der Waals surface area contributed by atoms with Crippen LogP contribution in [-0.2, 0) is 0 Å². The number of hydrogen-bond acceptors (Lipinski definition) is 2. The summed E-state index contributed by atoms with van der Waals surface area (Å²) in [5.41, 5.74) is 12.0. The number of rotatable bonds is 9. The largest absolute Gasteiger partial charge is 0.334 e. The highest BCUT2D eigenvalue weighted by Gasteiger charge is 2.29. The third-order valence-corrected chi connectivity index (χ3v) is 13.9. The van der Waals surface area contributed by atoms with E-state index in [0.29, 0.717) is 0 Å². The summed E-state index contributed by atoms with van der Waals surface area (Å²) in [5, 5.41) is 4.76. The Balaban J connectivity index is 0.862. The highest BCUT2D eigenvalue weighted by molar-refractivity contribution is 6.11. The highest BCUT2D eigenvalue weighted by Crippen LogP contribution is 2.43. The first kappa shape index (κ1) is 40.5. The van der Waals surface area contributed by atoms with E-state index in [0.717, 1.165) is 58.0 Å². The van der Waals surface area contributed by atoms with Crippen LogP contribution < -0.4 is 9.80 Å². The summed E-state index contributed by atoms with van der Waals surface area (Å²) >= 11 is 0. The lowest BCUT2D eigenvalue weighted by Crippen LogP contribution is -2.36. The van der Waals surface area contributed by atoms with Gasteiger partial charge in [-0.15, -0.1) is 0 Å². The Morgan fingerprint density at radius 1 is 0.522 bits per heavy atom. The number of halogens is 2. The SMILES string of the molecule is CC1C=C(C2C=CC(N(c3ccc(F)cc3)c3ccc4c(c3)c3ccccc3n4C3C=CC=CC3)=CC2)C=CC1N(c1ccc(F)cc1)c1ccc2c(c1)c1ccccc1n2-c1ccccc1. The second-order valence-corrected chi connectivity index (χ2v) is 18.0. The fourth-order valence-corrected chi connectivity index (χ4v) is 10.8. The minimum absolute atomic E-state index is 0.0201. The van der Waals surface area contributed by atoms with Crippen molar-refractivity contribution in [2.45, 2.75) is 31.8 Å². The molecule has 67 heavy (non-hydrogen) atoms. The predicted octanol–water partition coefficient (Wildman–Crippen LogP) is 16.2. The number of fused-ring (bicyclic) bond motifs is 6. The third kappa shape index (κ3) is 7.21. The van der Waals surface area contributed by atoms with E-state index in [1.54, 1.807) is 12.1 Å². The van der Waals surface area contributed by atoms with E-state index in [1.807, 2.05) is 30.3 Å². The van der Waals surface area contributed by atoms with E-state index < -0.39 is 0 Å². The molecule has 2 aromatic heterocycles. The molecular formula is C61H48F2N4. The standard InChI is InChI=1S/C61H48F2N4/c1-41-38-43(22-35-57(41)65(50-31-25-45(63)26-32-50)52-34-37-61-56(40-52)54-17-9-11-19-59(54)67(61)47-14-6-3-7-15-47)42-20-27-48(28-21-42)64(49-29-23-44(62)24-30-49)51-33-36-60-55(39-51)53-16-8-10-18-58(53)66(60)46-12-4-2-5-13-46/h2-12,14-20,22-42,46,57H,13,21H2,1H3. The quantitative estimate of drug-likeness (QED) is 0.144. The molecule has 6 heteroatoms. The van der Waals surface area contributed by atoms with Gasteiger partial charge in [-0.2, -0.15) is 0 Å². The molecule has 7 aromatic carbocycles. The van der Waals surface area contributed by atoms with E-state index in [2.05, 4.69) is 196 Å². The van der Waals surface area contributed by atoms with Gasteiger partial charge in [-0.25, -0.2) is 8.78 Å². The van der Waals surface area contributed by atoms with Crippen molar-refractivity contribution >= 4 is 66.4 Å². The minimum atomic E-state index is -0.261. The Kier molecular flexibility index (Phi) is 10.2. The Morgan fingerprint density at radius 3 is 1.85 bits per heavy atom. The second kappa shape index (κ2) is 16.8. The van der Waals surface area contributed by atoms with E-state index in [1.165, 1.54) is 50.3 Å². The predicted molar refractivity (Wildman–Crippen MR) is 275 cm³/mol. The highest BCUT2D eigenvalue weighted by atomic mass is 19.1. The van der Waals surface area contributed by atoms with E-state index >= 15 is 0 Å². The maximum absolute atomic E-state index is 14.5. The molecule has 4 nitrogen and oxygen atoms in total. The van der Waals surface area contributed by atoms with Gasteiger partial charge in [0.05, 0.1) is 23.1 Å². The van der Waals surface area contributed by atoms with Gasteiger partial charge < -0.3 is 18.9 Å². The Hall–Kier alpha value is -7.96. The summed E-state index contributed by atoms with van der Waals surface area (Å²) in [6.07, 6.45) is 24.4. The lowest BCUT2D eigenvalue weighted by Gasteiger charge is -2.37. The molecule has 2 heterocycles. The number of hydrogen-bond donors (Lipinski definition) is 0. The van der Waals surface area contributed by atoms with Crippen LogP contribution in [0.5, 0.6) is 0 Å². The molecule has 0 saturated carbocycles. The number of allylic oxidation sites excluding steroid dienone is 9. The van der Waals surface area contributed by atoms with Crippen molar-refractivity contribution < 1.29 is 8.78 Å². The zero-order valence-corrected chi connectivity index (χ0v) is 37.1. The first-order chi connectivity index (χ1) is 33.0. The van der Waals surface area contributed by atoms with Crippen molar-refractivity contribution in [3.05, 3.63) is 247 Å². The summed E-state index contributed by atoms with van der Waals surface area (Å²) in [6, 6.07) is 55.1. The summed E-state index contributed by atoms with van der Waals surface area (Å²) in [7, 11) is 0. The van der Waals surface area contributed by atoms with Crippen LogP contribution in [0.2, 0.25) is 0 Å². The van der Waals surface area contributed by atoms with Crippen LogP contribution in [0.3, 0.4) is 0 Å². The van der Waals surface area contributed by atoms with E-state index in [-0.39, 0.29) is 35.6 Å². The van der Waals surface area contributed by atoms with Gasteiger partial charge in [0.1, 0.15) is 11.6 Å². The fraction of sp³-hybridized carbons (Fsp3) is 0.115. The van der Waals surface area contributed by atoms with Crippen molar-refractivity contribution in [3.63, 3.8) is 0 Å². The summed E-state index contributed by atoms with van der Waals surface area (Å²) in [5.74, 6) is -0.207. The molecule has 0 radical (unpaired) electrons. The first-order valence-electron chi connectivity index (χ1n) is 23.3. The number of para-hydroxylation sites is 3. The van der Waals surface area contributed by atoms with Gasteiger partial charge in [-0.1, -0.05) is 116 Å².